The second-order valence-electron chi connectivity index (χ2n) is 5.89. The zero-order chi connectivity index (χ0) is 18.1. The van der Waals surface area contributed by atoms with Gasteiger partial charge in [-0.25, -0.2) is 4.79 Å². The van der Waals surface area contributed by atoms with Gasteiger partial charge in [-0.15, -0.1) is 0 Å². The average Bonchev–Trinajstić information content (AvgIpc) is 2.63. The fraction of sp³-hybridized carbons (Fsp3) is 0.300. The van der Waals surface area contributed by atoms with Crippen LogP contribution in [-0.2, 0) is 11.2 Å². The normalized spacial score (nSPS) is 11.6. The van der Waals surface area contributed by atoms with Crippen molar-refractivity contribution in [2.45, 2.75) is 19.8 Å². The Bertz CT molecular complexity index is 683. The molecular formula is C20H23NO4. The van der Waals surface area contributed by atoms with Crippen LogP contribution in [0.1, 0.15) is 29.3 Å². The maximum absolute atomic E-state index is 12.1. The van der Waals surface area contributed by atoms with Crippen LogP contribution in [0.4, 0.5) is 0 Å². The van der Waals surface area contributed by atoms with Crippen molar-refractivity contribution in [1.82, 2.24) is 5.32 Å². The Morgan fingerprint density at radius 1 is 1.08 bits per heavy atom. The van der Waals surface area contributed by atoms with E-state index in [1.807, 2.05) is 37.3 Å². The maximum atomic E-state index is 12.1. The van der Waals surface area contributed by atoms with Crippen LogP contribution in [0.5, 0.6) is 5.75 Å². The largest absolute Gasteiger partial charge is 0.494 e. The lowest BCUT2D eigenvalue weighted by atomic mass is 10.1. The van der Waals surface area contributed by atoms with Crippen LogP contribution in [0.2, 0.25) is 0 Å². The Hall–Kier alpha value is -2.82. The van der Waals surface area contributed by atoms with Crippen LogP contribution in [0, 0.1) is 5.92 Å². The van der Waals surface area contributed by atoms with E-state index in [9.17, 15) is 9.59 Å². The van der Waals surface area contributed by atoms with Crippen LogP contribution < -0.4 is 10.1 Å². The molecule has 5 heteroatoms. The van der Waals surface area contributed by atoms with Crippen molar-refractivity contribution in [1.29, 1.82) is 0 Å². The first-order valence-corrected chi connectivity index (χ1v) is 8.34. The lowest BCUT2D eigenvalue weighted by molar-refractivity contribution is -0.124. The SMILES string of the molecule is CC(CCOc1ccccc1)C(=O)NCCc1ccc(C(=O)O)cc1. The number of nitrogens with one attached hydrogen (secondary N) is 1. The fourth-order valence-corrected chi connectivity index (χ4v) is 2.32. The first kappa shape index (κ1) is 18.5. The molecule has 2 N–H and O–H groups in total. The van der Waals surface area contributed by atoms with Gasteiger partial charge in [-0.05, 0) is 42.7 Å². The predicted octanol–water partition coefficient (Wildman–Crippen LogP) is 3.15. The Morgan fingerprint density at radius 2 is 1.76 bits per heavy atom. The molecule has 2 rings (SSSR count). The molecule has 1 amide bonds. The van der Waals surface area contributed by atoms with Gasteiger partial charge in [-0.1, -0.05) is 37.3 Å². The number of carbonyl (C=O) groups excluding carboxylic acids is 1. The maximum Gasteiger partial charge on any atom is 0.335 e. The van der Waals surface area contributed by atoms with E-state index in [1.165, 1.54) is 0 Å². The van der Waals surface area contributed by atoms with Crippen molar-refractivity contribution in [2.75, 3.05) is 13.2 Å². The molecule has 0 fully saturated rings. The number of ether oxygens (including phenoxy) is 1. The molecule has 0 aliphatic heterocycles. The van der Waals surface area contributed by atoms with Gasteiger partial charge in [-0.3, -0.25) is 4.79 Å². The van der Waals surface area contributed by atoms with Crippen molar-refractivity contribution in [3.05, 3.63) is 65.7 Å². The van der Waals surface area contributed by atoms with Gasteiger partial charge >= 0.3 is 5.97 Å². The molecule has 0 aromatic heterocycles. The topological polar surface area (TPSA) is 75.6 Å². The molecule has 25 heavy (non-hydrogen) atoms. The average molecular weight is 341 g/mol. The third kappa shape index (κ3) is 6.30. The van der Waals surface area contributed by atoms with Crippen LogP contribution in [0.25, 0.3) is 0 Å². The highest BCUT2D eigenvalue weighted by Gasteiger charge is 2.12. The van der Waals surface area contributed by atoms with Gasteiger partial charge in [0, 0.05) is 12.5 Å². The van der Waals surface area contributed by atoms with Crippen molar-refractivity contribution < 1.29 is 19.4 Å². The molecule has 132 valence electrons. The first-order chi connectivity index (χ1) is 12.1. The van der Waals surface area contributed by atoms with Gasteiger partial charge in [0.15, 0.2) is 0 Å². The van der Waals surface area contributed by atoms with Crippen LogP contribution in [0.3, 0.4) is 0 Å². The van der Waals surface area contributed by atoms with Gasteiger partial charge in [0.05, 0.1) is 12.2 Å². The summed E-state index contributed by atoms with van der Waals surface area (Å²) in [5, 5.41) is 11.8. The third-order valence-electron chi connectivity index (χ3n) is 3.92. The molecule has 5 nitrogen and oxygen atoms in total. The molecule has 0 aliphatic carbocycles. The number of rotatable bonds is 9. The zero-order valence-electron chi connectivity index (χ0n) is 14.3. The quantitative estimate of drug-likeness (QED) is 0.735. The van der Waals surface area contributed by atoms with E-state index >= 15 is 0 Å². The van der Waals surface area contributed by atoms with Crippen molar-refractivity contribution >= 4 is 11.9 Å². The monoisotopic (exact) mass is 341 g/mol. The van der Waals surface area contributed by atoms with E-state index < -0.39 is 5.97 Å². The second kappa shape index (κ2) is 9.47. The van der Waals surface area contributed by atoms with Crippen LogP contribution in [-0.4, -0.2) is 30.1 Å². The molecule has 0 saturated carbocycles. The number of para-hydroxylation sites is 1. The van der Waals surface area contributed by atoms with Crippen LogP contribution >= 0.6 is 0 Å². The van der Waals surface area contributed by atoms with Crippen LogP contribution in [0.15, 0.2) is 54.6 Å². The highest BCUT2D eigenvalue weighted by molar-refractivity contribution is 5.87. The summed E-state index contributed by atoms with van der Waals surface area (Å²) in [4.78, 5) is 22.9. The smallest absolute Gasteiger partial charge is 0.335 e. The molecule has 1 unspecified atom stereocenters. The number of carbonyl (C=O) groups is 2. The zero-order valence-corrected chi connectivity index (χ0v) is 14.3. The summed E-state index contributed by atoms with van der Waals surface area (Å²) in [5.41, 5.74) is 1.25. The molecule has 0 saturated heterocycles. The fourth-order valence-electron chi connectivity index (χ4n) is 2.32. The van der Waals surface area contributed by atoms with E-state index in [4.69, 9.17) is 9.84 Å². The number of benzene rings is 2. The van der Waals surface area contributed by atoms with E-state index in [-0.39, 0.29) is 17.4 Å². The third-order valence-corrected chi connectivity index (χ3v) is 3.92. The Labute approximate surface area is 147 Å². The summed E-state index contributed by atoms with van der Waals surface area (Å²) >= 11 is 0. The van der Waals surface area contributed by atoms with E-state index in [0.29, 0.717) is 26.0 Å². The summed E-state index contributed by atoms with van der Waals surface area (Å²) in [6.07, 6.45) is 1.31. The van der Waals surface area contributed by atoms with Gasteiger partial charge in [0.1, 0.15) is 5.75 Å². The summed E-state index contributed by atoms with van der Waals surface area (Å²) < 4.78 is 5.60. The molecule has 0 spiro atoms. The van der Waals surface area contributed by atoms with Gasteiger partial charge < -0.3 is 15.2 Å². The number of aromatic carboxylic acids is 1. The Kier molecular flexibility index (Phi) is 7.01. The summed E-state index contributed by atoms with van der Waals surface area (Å²) in [6, 6.07) is 16.2. The van der Waals surface area contributed by atoms with E-state index in [0.717, 1.165) is 11.3 Å². The molecule has 0 heterocycles. The minimum Gasteiger partial charge on any atom is -0.494 e. The molecule has 0 aliphatic rings. The summed E-state index contributed by atoms with van der Waals surface area (Å²) in [6.45, 7) is 2.90. The van der Waals surface area contributed by atoms with E-state index in [1.54, 1.807) is 24.3 Å². The van der Waals surface area contributed by atoms with Gasteiger partial charge in [-0.2, -0.15) is 0 Å². The van der Waals surface area contributed by atoms with Crippen molar-refractivity contribution in [2.24, 2.45) is 5.92 Å². The van der Waals surface area contributed by atoms with Crippen molar-refractivity contribution in [3.8, 4) is 5.75 Å². The lowest BCUT2D eigenvalue weighted by Gasteiger charge is -2.13. The minimum atomic E-state index is -0.939. The highest BCUT2D eigenvalue weighted by Crippen LogP contribution is 2.10. The molecular weight excluding hydrogens is 318 g/mol. The standard InChI is InChI=1S/C20H23NO4/c1-15(12-14-25-18-5-3-2-4-6-18)19(22)21-13-11-16-7-9-17(10-8-16)20(23)24/h2-10,15H,11-14H2,1H3,(H,21,22)(H,23,24). The highest BCUT2D eigenvalue weighted by atomic mass is 16.5. The number of hydrogen-bond donors (Lipinski definition) is 2. The van der Waals surface area contributed by atoms with E-state index in [2.05, 4.69) is 5.32 Å². The summed E-state index contributed by atoms with van der Waals surface area (Å²) in [5.74, 6) is -0.261. The number of hydrogen-bond acceptors (Lipinski definition) is 3. The molecule has 1 atom stereocenters. The van der Waals surface area contributed by atoms with Gasteiger partial charge in [0.2, 0.25) is 5.91 Å². The minimum absolute atomic E-state index is 0.00109. The molecule has 0 bridgehead atoms. The number of carboxylic acids is 1. The van der Waals surface area contributed by atoms with Crippen molar-refractivity contribution in [3.63, 3.8) is 0 Å². The number of amides is 1. The molecule has 2 aromatic carbocycles. The first-order valence-electron chi connectivity index (χ1n) is 8.34. The molecule has 0 radical (unpaired) electrons. The second-order valence-corrected chi connectivity index (χ2v) is 5.89. The Balaban J connectivity index is 1.66. The Morgan fingerprint density at radius 3 is 2.40 bits per heavy atom. The summed E-state index contributed by atoms with van der Waals surface area (Å²) in [7, 11) is 0. The number of carboxylic acid groups (broad SMARTS) is 1. The van der Waals surface area contributed by atoms with Gasteiger partial charge in [0.25, 0.3) is 0 Å². The lowest BCUT2D eigenvalue weighted by Crippen LogP contribution is -2.31. The predicted molar refractivity (Wildman–Crippen MR) is 95.8 cm³/mol. The molecule has 2 aromatic rings.